The van der Waals surface area contributed by atoms with E-state index in [1.54, 1.807) is 0 Å². The van der Waals surface area contributed by atoms with Gasteiger partial charge in [0.25, 0.3) is 0 Å². The van der Waals surface area contributed by atoms with E-state index in [1.807, 2.05) is 0 Å². The number of amides is 1. The van der Waals surface area contributed by atoms with Gasteiger partial charge in [-0.1, -0.05) is 0 Å². The molecule has 8 nitrogen and oxygen atoms in total. The van der Waals surface area contributed by atoms with Crippen LogP contribution in [0.4, 0.5) is 5.95 Å². The Morgan fingerprint density at radius 2 is 2.18 bits per heavy atom. The zero-order valence-corrected chi connectivity index (χ0v) is 8.67. The van der Waals surface area contributed by atoms with Crippen LogP contribution >= 0.6 is 0 Å². The molecule has 0 atom stereocenters. The molecule has 2 aromatic rings. The average molecular weight is 235 g/mol. The summed E-state index contributed by atoms with van der Waals surface area (Å²) in [5, 5.41) is 10.8. The van der Waals surface area contributed by atoms with Crippen molar-refractivity contribution in [2.45, 2.75) is 12.8 Å². The van der Waals surface area contributed by atoms with Gasteiger partial charge in [-0.2, -0.15) is 4.98 Å². The molecule has 0 saturated carbocycles. The average Bonchev–Trinajstić information content (AvgIpc) is 2.73. The van der Waals surface area contributed by atoms with Crippen LogP contribution in [0.2, 0.25) is 0 Å². The SMILES string of the molecule is O=C(O)CCC(=O)Nc1ncc2[nH]cnc2n1. The Labute approximate surface area is 95.1 Å². The molecular weight excluding hydrogens is 226 g/mol. The largest absolute Gasteiger partial charge is 0.481 e. The highest BCUT2D eigenvalue weighted by Gasteiger charge is 2.08. The van der Waals surface area contributed by atoms with Crippen LogP contribution in [-0.4, -0.2) is 36.9 Å². The third-order valence-electron chi connectivity index (χ3n) is 1.99. The Kier molecular flexibility index (Phi) is 2.95. The zero-order chi connectivity index (χ0) is 12.3. The molecule has 2 aromatic heterocycles. The van der Waals surface area contributed by atoms with Gasteiger partial charge >= 0.3 is 5.97 Å². The van der Waals surface area contributed by atoms with E-state index < -0.39 is 11.9 Å². The molecule has 2 rings (SSSR count). The van der Waals surface area contributed by atoms with Crippen LogP contribution in [0, 0.1) is 0 Å². The maximum Gasteiger partial charge on any atom is 0.303 e. The maximum atomic E-state index is 11.3. The molecule has 0 unspecified atom stereocenters. The fourth-order valence-corrected chi connectivity index (χ4v) is 1.20. The smallest absolute Gasteiger partial charge is 0.303 e. The number of hydrogen-bond acceptors (Lipinski definition) is 5. The maximum absolute atomic E-state index is 11.3. The van der Waals surface area contributed by atoms with Gasteiger partial charge in [-0.05, 0) is 0 Å². The summed E-state index contributed by atoms with van der Waals surface area (Å²) >= 11 is 0. The standard InChI is InChI=1S/C9H9N5O3/c15-6(1-2-7(16)17)13-9-10-3-5-8(14-9)12-4-11-5/h3-4H,1-2H2,(H,16,17)(H2,10,11,12,13,14,15). The van der Waals surface area contributed by atoms with E-state index in [4.69, 9.17) is 5.11 Å². The molecule has 88 valence electrons. The lowest BCUT2D eigenvalue weighted by molar-refractivity contribution is -0.138. The van der Waals surface area contributed by atoms with Gasteiger partial charge < -0.3 is 10.1 Å². The Morgan fingerprint density at radius 3 is 2.94 bits per heavy atom. The van der Waals surface area contributed by atoms with E-state index in [1.165, 1.54) is 12.5 Å². The van der Waals surface area contributed by atoms with Crippen LogP contribution in [0.25, 0.3) is 11.2 Å². The minimum Gasteiger partial charge on any atom is -0.481 e. The van der Waals surface area contributed by atoms with Crippen molar-refractivity contribution in [1.82, 2.24) is 19.9 Å². The number of imidazole rings is 1. The van der Waals surface area contributed by atoms with Crippen molar-refractivity contribution < 1.29 is 14.7 Å². The summed E-state index contributed by atoms with van der Waals surface area (Å²) in [5.41, 5.74) is 1.10. The molecule has 0 aliphatic carbocycles. The van der Waals surface area contributed by atoms with Crippen LogP contribution in [0.1, 0.15) is 12.8 Å². The van der Waals surface area contributed by atoms with Crippen molar-refractivity contribution in [3.63, 3.8) is 0 Å². The fourth-order valence-electron chi connectivity index (χ4n) is 1.20. The van der Waals surface area contributed by atoms with Gasteiger partial charge in [-0.3, -0.25) is 14.9 Å². The molecule has 0 spiro atoms. The summed E-state index contributed by atoms with van der Waals surface area (Å²) in [7, 11) is 0. The number of anilines is 1. The van der Waals surface area contributed by atoms with Gasteiger partial charge in [0, 0.05) is 6.42 Å². The number of aromatic amines is 1. The molecule has 0 fully saturated rings. The third kappa shape index (κ3) is 2.74. The summed E-state index contributed by atoms with van der Waals surface area (Å²) in [4.78, 5) is 36.2. The van der Waals surface area contributed by atoms with Crippen LogP contribution in [0.3, 0.4) is 0 Å². The number of aromatic nitrogens is 4. The number of fused-ring (bicyclic) bond motifs is 1. The minimum absolute atomic E-state index is 0.111. The number of hydrogen-bond donors (Lipinski definition) is 3. The van der Waals surface area contributed by atoms with Gasteiger partial charge in [-0.25, -0.2) is 9.97 Å². The Balaban J connectivity index is 2.02. The Morgan fingerprint density at radius 1 is 1.35 bits per heavy atom. The molecule has 3 N–H and O–H groups in total. The number of aliphatic carboxylic acids is 1. The zero-order valence-electron chi connectivity index (χ0n) is 8.67. The van der Waals surface area contributed by atoms with E-state index in [2.05, 4.69) is 25.3 Å². The lowest BCUT2D eigenvalue weighted by Crippen LogP contribution is -2.15. The molecule has 0 saturated heterocycles. The minimum atomic E-state index is -1.02. The second kappa shape index (κ2) is 4.56. The lowest BCUT2D eigenvalue weighted by Gasteiger charge is -2.01. The van der Waals surface area contributed by atoms with Crippen molar-refractivity contribution >= 4 is 29.0 Å². The van der Waals surface area contributed by atoms with Gasteiger partial charge in [0.05, 0.1) is 18.9 Å². The normalized spacial score (nSPS) is 10.4. The van der Waals surface area contributed by atoms with E-state index in [0.717, 1.165) is 0 Å². The summed E-state index contributed by atoms with van der Waals surface area (Å²) < 4.78 is 0. The summed E-state index contributed by atoms with van der Waals surface area (Å²) in [6.07, 6.45) is 2.62. The van der Waals surface area contributed by atoms with E-state index >= 15 is 0 Å². The fraction of sp³-hybridized carbons (Fsp3) is 0.222. The molecule has 0 aromatic carbocycles. The number of rotatable bonds is 4. The van der Waals surface area contributed by atoms with Gasteiger partial charge in [0.15, 0.2) is 5.65 Å². The first-order valence-corrected chi connectivity index (χ1v) is 4.83. The number of carbonyl (C=O) groups excluding carboxylic acids is 1. The predicted octanol–water partition coefficient (Wildman–Crippen LogP) is 0.156. The van der Waals surface area contributed by atoms with Crippen LogP contribution in [0.15, 0.2) is 12.5 Å². The Bertz CT molecular complexity index is 565. The van der Waals surface area contributed by atoms with Crippen LogP contribution < -0.4 is 5.32 Å². The number of carboxylic acids is 1. The second-order valence-electron chi connectivity index (χ2n) is 3.28. The summed E-state index contributed by atoms with van der Waals surface area (Å²) in [5.74, 6) is -1.36. The first kappa shape index (κ1) is 11.0. The number of H-pyrrole nitrogens is 1. The molecule has 0 aliphatic rings. The molecular formula is C9H9N5O3. The van der Waals surface area contributed by atoms with Crippen LogP contribution in [-0.2, 0) is 9.59 Å². The molecule has 8 heteroatoms. The molecule has 0 radical (unpaired) electrons. The second-order valence-corrected chi connectivity index (χ2v) is 3.28. The summed E-state index contributed by atoms with van der Waals surface area (Å²) in [6.45, 7) is 0. The van der Waals surface area contributed by atoms with E-state index in [9.17, 15) is 9.59 Å². The third-order valence-corrected chi connectivity index (χ3v) is 1.99. The van der Waals surface area contributed by atoms with E-state index in [0.29, 0.717) is 11.2 Å². The monoisotopic (exact) mass is 235 g/mol. The molecule has 2 heterocycles. The summed E-state index contributed by atoms with van der Waals surface area (Å²) in [6, 6.07) is 0. The van der Waals surface area contributed by atoms with Crippen molar-refractivity contribution in [1.29, 1.82) is 0 Å². The Hall–Kier alpha value is -2.51. The number of carbonyl (C=O) groups is 2. The highest BCUT2D eigenvalue weighted by Crippen LogP contribution is 2.07. The molecule has 1 amide bonds. The number of nitrogens with zero attached hydrogens (tertiary/aromatic N) is 3. The van der Waals surface area contributed by atoms with Crippen molar-refractivity contribution in [3.8, 4) is 0 Å². The van der Waals surface area contributed by atoms with Gasteiger partial charge in [-0.15, -0.1) is 0 Å². The quantitative estimate of drug-likeness (QED) is 0.693. The van der Waals surface area contributed by atoms with Crippen molar-refractivity contribution in [2.24, 2.45) is 0 Å². The predicted molar refractivity (Wildman–Crippen MR) is 57.2 cm³/mol. The van der Waals surface area contributed by atoms with Crippen molar-refractivity contribution in [3.05, 3.63) is 12.5 Å². The number of carboxylic acid groups (broad SMARTS) is 1. The lowest BCUT2D eigenvalue weighted by atomic mass is 10.3. The highest BCUT2D eigenvalue weighted by atomic mass is 16.4. The van der Waals surface area contributed by atoms with Crippen molar-refractivity contribution in [2.75, 3.05) is 5.32 Å². The first-order valence-electron chi connectivity index (χ1n) is 4.83. The number of nitrogens with one attached hydrogen (secondary N) is 2. The van der Waals surface area contributed by atoms with E-state index in [-0.39, 0.29) is 18.8 Å². The highest BCUT2D eigenvalue weighted by molar-refractivity contribution is 5.91. The van der Waals surface area contributed by atoms with Gasteiger partial charge in [0.2, 0.25) is 11.9 Å². The molecule has 0 aliphatic heterocycles. The van der Waals surface area contributed by atoms with Gasteiger partial charge in [0.1, 0.15) is 5.52 Å². The molecule has 0 bridgehead atoms. The topological polar surface area (TPSA) is 121 Å². The first-order chi connectivity index (χ1) is 8.15. The molecule has 17 heavy (non-hydrogen) atoms. The van der Waals surface area contributed by atoms with Crippen LogP contribution in [0.5, 0.6) is 0 Å².